The fourth-order valence-corrected chi connectivity index (χ4v) is 4.15. The van der Waals surface area contributed by atoms with E-state index in [1.165, 1.54) is 13.0 Å². The second-order valence-electron chi connectivity index (χ2n) is 7.47. The number of carbonyl (C=O) groups is 3. The summed E-state index contributed by atoms with van der Waals surface area (Å²) in [6.07, 6.45) is 1.39. The number of allylic oxidation sites excluding steroid dienone is 1. The van der Waals surface area contributed by atoms with Crippen molar-refractivity contribution in [1.82, 2.24) is 0 Å². The number of anilines is 1. The summed E-state index contributed by atoms with van der Waals surface area (Å²) in [5.74, 6) is -2.62. The molecular weight excluding hydrogens is 424 g/mol. The van der Waals surface area contributed by atoms with E-state index in [2.05, 4.69) is 11.9 Å². The third kappa shape index (κ3) is 3.55. The molecule has 1 atom stereocenters. The number of carbonyl (C=O) groups excluding carboxylic acids is 3. The predicted octanol–water partition coefficient (Wildman–Crippen LogP) is 2.82. The molecule has 0 saturated carbocycles. The van der Waals surface area contributed by atoms with Crippen LogP contribution in [0.5, 0.6) is 0 Å². The van der Waals surface area contributed by atoms with Crippen LogP contribution >= 0.6 is 0 Å². The molecule has 2 aliphatic heterocycles. The fourth-order valence-electron chi connectivity index (χ4n) is 4.15. The van der Waals surface area contributed by atoms with Crippen LogP contribution in [-0.4, -0.2) is 24.5 Å². The molecule has 0 saturated heterocycles. The zero-order valence-corrected chi connectivity index (χ0v) is 17.9. The first-order chi connectivity index (χ1) is 15.9. The lowest BCUT2D eigenvalue weighted by atomic mass is 9.67. The van der Waals surface area contributed by atoms with Gasteiger partial charge in [-0.25, -0.2) is 9.59 Å². The minimum atomic E-state index is -1.89. The van der Waals surface area contributed by atoms with Gasteiger partial charge in [-0.05, 0) is 18.6 Å². The van der Waals surface area contributed by atoms with Crippen LogP contribution in [-0.2, 0) is 40.6 Å². The smallest absolute Gasteiger partial charge is 0.341 e. The van der Waals surface area contributed by atoms with E-state index in [0.29, 0.717) is 11.3 Å². The molecule has 0 bridgehead atoms. The van der Waals surface area contributed by atoms with E-state index in [4.69, 9.17) is 19.9 Å². The molecule has 0 radical (unpaired) electrons. The van der Waals surface area contributed by atoms with E-state index < -0.39 is 23.3 Å². The number of amides is 1. The zero-order valence-electron chi connectivity index (χ0n) is 17.9. The SMILES string of the molecule is C=CCOC(=O)C1=C(C)OC(N)=C(C(=O)OCc2ccccc2)[C@@]12C(=O)Nc1ccccc12. The molecule has 4 rings (SSSR count). The van der Waals surface area contributed by atoms with Crippen LogP contribution in [0.1, 0.15) is 18.1 Å². The molecule has 0 unspecified atom stereocenters. The minimum absolute atomic E-state index is 0.0491. The molecule has 0 fully saturated rings. The summed E-state index contributed by atoms with van der Waals surface area (Å²) in [5.41, 5.74) is 5.38. The molecule has 3 N–H and O–H groups in total. The highest BCUT2D eigenvalue weighted by atomic mass is 16.5. The van der Waals surface area contributed by atoms with Crippen molar-refractivity contribution in [1.29, 1.82) is 0 Å². The lowest BCUT2D eigenvalue weighted by molar-refractivity contribution is -0.144. The molecule has 2 aromatic rings. The first-order valence-electron chi connectivity index (χ1n) is 10.2. The summed E-state index contributed by atoms with van der Waals surface area (Å²) >= 11 is 0. The van der Waals surface area contributed by atoms with Crippen LogP contribution < -0.4 is 11.1 Å². The van der Waals surface area contributed by atoms with Crippen molar-refractivity contribution in [3.8, 4) is 0 Å². The van der Waals surface area contributed by atoms with Crippen LogP contribution in [0.15, 0.2) is 90.0 Å². The van der Waals surface area contributed by atoms with E-state index in [9.17, 15) is 14.4 Å². The number of benzene rings is 2. The molecule has 0 aliphatic carbocycles. The van der Waals surface area contributed by atoms with Crippen molar-refractivity contribution in [2.45, 2.75) is 18.9 Å². The maximum absolute atomic E-state index is 13.6. The number of fused-ring (bicyclic) bond motifs is 2. The molecule has 8 nitrogen and oxygen atoms in total. The zero-order chi connectivity index (χ0) is 23.6. The fraction of sp³-hybridized carbons (Fsp3) is 0.160. The molecule has 1 amide bonds. The normalized spacial score (nSPS) is 19.0. The number of esters is 2. The first-order valence-corrected chi connectivity index (χ1v) is 10.2. The summed E-state index contributed by atoms with van der Waals surface area (Å²) in [5, 5.41) is 2.74. The van der Waals surface area contributed by atoms with Gasteiger partial charge in [0, 0.05) is 11.3 Å². The number of para-hydroxylation sites is 1. The van der Waals surface area contributed by atoms with Gasteiger partial charge in [0.25, 0.3) is 0 Å². The third-order valence-electron chi connectivity index (χ3n) is 5.48. The molecule has 2 aliphatic rings. The van der Waals surface area contributed by atoms with Gasteiger partial charge in [0.1, 0.15) is 35.5 Å². The Bertz CT molecular complexity index is 1210. The van der Waals surface area contributed by atoms with Gasteiger partial charge in [-0.3, -0.25) is 4.79 Å². The van der Waals surface area contributed by atoms with Crippen LogP contribution in [0.25, 0.3) is 0 Å². The molecule has 168 valence electrons. The standard InChI is InChI=1S/C25H22N2O6/c1-3-13-31-22(28)19-15(2)33-21(26)20(23(29)32-14-16-9-5-4-6-10-16)25(19)17-11-7-8-12-18(17)27-24(25)30/h3-12H,1,13-14,26H2,2H3,(H,27,30)/t25-/m0/s1. The molecule has 33 heavy (non-hydrogen) atoms. The highest BCUT2D eigenvalue weighted by Crippen LogP contribution is 2.52. The van der Waals surface area contributed by atoms with E-state index in [1.807, 2.05) is 18.2 Å². The second kappa shape index (κ2) is 8.66. The monoisotopic (exact) mass is 446 g/mol. The second-order valence-corrected chi connectivity index (χ2v) is 7.47. The number of ether oxygens (including phenoxy) is 3. The Morgan fingerprint density at radius 2 is 1.73 bits per heavy atom. The van der Waals surface area contributed by atoms with Gasteiger partial charge in [-0.15, -0.1) is 0 Å². The third-order valence-corrected chi connectivity index (χ3v) is 5.48. The van der Waals surface area contributed by atoms with Crippen molar-refractivity contribution in [3.63, 3.8) is 0 Å². The van der Waals surface area contributed by atoms with Crippen LogP contribution in [0, 0.1) is 0 Å². The van der Waals surface area contributed by atoms with Crippen molar-refractivity contribution in [2.24, 2.45) is 5.73 Å². The molecule has 2 heterocycles. The number of hydrogen-bond acceptors (Lipinski definition) is 7. The van der Waals surface area contributed by atoms with E-state index in [-0.39, 0.29) is 36.0 Å². The topological polar surface area (TPSA) is 117 Å². The molecule has 1 spiro atoms. The highest BCUT2D eigenvalue weighted by molar-refractivity contribution is 6.21. The van der Waals surface area contributed by atoms with Gasteiger partial charge in [0.15, 0.2) is 0 Å². The average Bonchev–Trinajstić information content (AvgIpc) is 3.08. The summed E-state index contributed by atoms with van der Waals surface area (Å²) in [4.78, 5) is 40.1. The van der Waals surface area contributed by atoms with E-state index >= 15 is 0 Å². The Morgan fingerprint density at radius 3 is 2.45 bits per heavy atom. The maximum atomic E-state index is 13.6. The molecular formula is C25H22N2O6. The van der Waals surface area contributed by atoms with Crippen LogP contribution in [0.3, 0.4) is 0 Å². The number of nitrogens with one attached hydrogen (secondary N) is 1. The average molecular weight is 446 g/mol. The Kier molecular flexibility index (Phi) is 5.74. The van der Waals surface area contributed by atoms with Gasteiger partial charge in [0.05, 0.1) is 0 Å². The van der Waals surface area contributed by atoms with Crippen molar-refractivity contribution in [2.75, 3.05) is 11.9 Å². The Balaban J connectivity index is 1.85. The van der Waals surface area contributed by atoms with Crippen LogP contribution in [0.2, 0.25) is 0 Å². The van der Waals surface area contributed by atoms with Gasteiger partial charge in [-0.1, -0.05) is 61.2 Å². The van der Waals surface area contributed by atoms with Gasteiger partial charge < -0.3 is 25.3 Å². The van der Waals surface area contributed by atoms with Crippen LogP contribution in [0.4, 0.5) is 5.69 Å². The van der Waals surface area contributed by atoms with Crippen molar-refractivity contribution < 1.29 is 28.6 Å². The van der Waals surface area contributed by atoms with Gasteiger partial charge >= 0.3 is 11.9 Å². The maximum Gasteiger partial charge on any atom is 0.341 e. The lowest BCUT2D eigenvalue weighted by Gasteiger charge is -2.35. The van der Waals surface area contributed by atoms with Crippen molar-refractivity contribution in [3.05, 3.63) is 101 Å². The Morgan fingerprint density at radius 1 is 1.06 bits per heavy atom. The molecule has 8 heteroatoms. The van der Waals surface area contributed by atoms with E-state index in [1.54, 1.807) is 36.4 Å². The Hall–Kier alpha value is -4.33. The quantitative estimate of drug-likeness (QED) is 0.518. The molecule has 2 aromatic carbocycles. The number of nitrogens with two attached hydrogens (primary N) is 1. The first kappa shape index (κ1) is 21.9. The molecule has 0 aromatic heterocycles. The summed E-state index contributed by atoms with van der Waals surface area (Å²) in [6, 6.07) is 15.8. The summed E-state index contributed by atoms with van der Waals surface area (Å²) < 4.78 is 16.3. The van der Waals surface area contributed by atoms with E-state index in [0.717, 1.165) is 5.56 Å². The lowest BCUT2D eigenvalue weighted by Crippen LogP contribution is -2.48. The summed E-state index contributed by atoms with van der Waals surface area (Å²) in [6.45, 7) is 4.87. The number of hydrogen-bond donors (Lipinski definition) is 2. The minimum Gasteiger partial charge on any atom is -0.458 e. The predicted molar refractivity (Wildman–Crippen MR) is 119 cm³/mol. The Labute approximate surface area is 190 Å². The highest BCUT2D eigenvalue weighted by Gasteiger charge is 2.61. The van der Waals surface area contributed by atoms with Gasteiger partial charge in [0.2, 0.25) is 11.8 Å². The van der Waals surface area contributed by atoms with Crippen molar-refractivity contribution >= 4 is 23.5 Å². The summed E-state index contributed by atoms with van der Waals surface area (Å²) in [7, 11) is 0. The van der Waals surface area contributed by atoms with Gasteiger partial charge in [-0.2, -0.15) is 0 Å². The largest absolute Gasteiger partial charge is 0.458 e. The number of rotatable bonds is 6.